The van der Waals surface area contributed by atoms with Gasteiger partial charge in [-0.1, -0.05) is 19.9 Å². The largest absolute Gasteiger partial charge is 0.253 e. The fourth-order valence-corrected chi connectivity index (χ4v) is 0.428. The SMILES string of the molecule is C=CCC(F)(F)C(C)C. The number of allylic oxidation sites excluding steroid dienone is 1. The monoisotopic (exact) mass is 134 g/mol. The van der Waals surface area contributed by atoms with E-state index in [-0.39, 0.29) is 6.42 Å². The molecule has 0 aliphatic carbocycles. The summed E-state index contributed by atoms with van der Waals surface area (Å²) in [6.45, 7) is 6.26. The van der Waals surface area contributed by atoms with Crippen molar-refractivity contribution in [1.29, 1.82) is 0 Å². The van der Waals surface area contributed by atoms with Crippen LogP contribution in [0.15, 0.2) is 12.7 Å². The zero-order chi connectivity index (χ0) is 7.49. The molecule has 54 valence electrons. The van der Waals surface area contributed by atoms with Gasteiger partial charge in [-0.15, -0.1) is 6.58 Å². The van der Waals surface area contributed by atoms with E-state index in [2.05, 4.69) is 6.58 Å². The highest BCUT2D eigenvalue weighted by Gasteiger charge is 2.30. The molecule has 0 aliphatic rings. The van der Waals surface area contributed by atoms with Gasteiger partial charge in [0, 0.05) is 12.3 Å². The molecular formula is C7H12F2. The second kappa shape index (κ2) is 2.95. The summed E-state index contributed by atoms with van der Waals surface area (Å²) in [5.41, 5.74) is 0. The van der Waals surface area contributed by atoms with E-state index in [4.69, 9.17) is 0 Å². The fraction of sp³-hybridized carbons (Fsp3) is 0.714. The van der Waals surface area contributed by atoms with Gasteiger partial charge >= 0.3 is 0 Å². The molecule has 0 unspecified atom stereocenters. The first-order valence-electron chi connectivity index (χ1n) is 2.99. The first-order valence-corrected chi connectivity index (χ1v) is 2.99. The molecule has 9 heavy (non-hydrogen) atoms. The molecule has 0 amide bonds. The normalized spacial score (nSPS) is 12.1. The molecule has 0 N–H and O–H groups in total. The van der Waals surface area contributed by atoms with Crippen LogP contribution in [-0.4, -0.2) is 5.92 Å². The Bertz CT molecular complexity index is 95.1. The lowest BCUT2D eigenvalue weighted by molar-refractivity contribution is -0.0413. The van der Waals surface area contributed by atoms with Crippen molar-refractivity contribution < 1.29 is 8.78 Å². The van der Waals surface area contributed by atoms with Crippen molar-refractivity contribution in [2.24, 2.45) is 5.92 Å². The van der Waals surface area contributed by atoms with E-state index >= 15 is 0 Å². The Kier molecular flexibility index (Phi) is 2.82. The first-order chi connectivity index (χ1) is 4.00. The predicted molar refractivity (Wildman–Crippen MR) is 34.6 cm³/mol. The lowest BCUT2D eigenvalue weighted by Gasteiger charge is -2.17. The van der Waals surface area contributed by atoms with Gasteiger partial charge in [0.2, 0.25) is 0 Å². The molecule has 0 aliphatic heterocycles. The highest BCUT2D eigenvalue weighted by Crippen LogP contribution is 2.27. The molecule has 0 radical (unpaired) electrons. The van der Waals surface area contributed by atoms with Crippen LogP contribution in [0.4, 0.5) is 8.78 Å². The summed E-state index contributed by atoms with van der Waals surface area (Å²) in [6.07, 6.45) is 1.03. The van der Waals surface area contributed by atoms with Crippen molar-refractivity contribution in [1.82, 2.24) is 0 Å². The maximum absolute atomic E-state index is 12.5. The molecule has 0 saturated carbocycles. The predicted octanol–water partition coefficient (Wildman–Crippen LogP) is 2.85. The third-order valence-corrected chi connectivity index (χ3v) is 1.26. The van der Waals surface area contributed by atoms with Crippen molar-refractivity contribution in [3.8, 4) is 0 Å². The number of alkyl halides is 2. The first kappa shape index (κ1) is 8.60. The molecular weight excluding hydrogens is 122 g/mol. The van der Waals surface area contributed by atoms with E-state index in [0.717, 1.165) is 0 Å². The molecule has 0 nitrogen and oxygen atoms in total. The molecule has 0 spiro atoms. The number of halogens is 2. The third kappa shape index (κ3) is 2.59. The minimum Gasteiger partial charge on any atom is -0.206 e. The van der Waals surface area contributed by atoms with Crippen molar-refractivity contribution in [2.75, 3.05) is 0 Å². The van der Waals surface area contributed by atoms with Crippen molar-refractivity contribution in [2.45, 2.75) is 26.2 Å². The summed E-state index contributed by atoms with van der Waals surface area (Å²) in [7, 11) is 0. The minimum atomic E-state index is -2.57. The Hall–Kier alpha value is -0.400. The zero-order valence-electron chi connectivity index (χ0n) is 5.82. The second-order valence-corrected chi connectivity index (χ2v) is 2.41. The Labute approximate surface area is 54.6 Å². The fourth-order valence-electron chi connectivity index (χ4n) is 0.428. The maximum Gasteiger partial charge on any atom is 0.253 e. The minimum absolute atomic E-state index is 0.218. The summed E-state index contributed by atoms with van der Waals surface area (Å²) in [4.78, 5) is 0. The molecule has 0 heterocycles. The van der Waals surface area contributed by atoms with Crippen LogP contribution >= 0.6 is 0 Å². The van der Waals surface area contributed by atoms with Gasteiger partial charge < -0.3 is 0 Å². The van der Waals surface area contributed by atoms with Gasteiger partial charge in [-0.3, -0.25) is 0 Å². The van der Waals surface area contributed by atoms with Crippen molar-refractivity contribution >= 4 is 0 Å². The van der Waals surface area contributed by atoms with Crippen LogP contribution in [0.3, 0.4) is 0 Å². The molecule has 2 heteroatoms. The molecule has 0 fully saturated rings. The molecule has 0 atom stereocenters. The van der Waals surface area contributed by atoms with E-state index < -0.39 is 11.8 Å². The van der Waals surface area contributed by atoms with E-state index in [1.807, 2.05) is 0 Å². The molecule has 0 aromatic rings. The standard InChI is InChI=1S/C7H12F2/c1-4-5-7(8,9)6(2)3/h4,6H,1,5H2,2-3H3. The quantitative estimate of drug-likeness (QED) is 0.520. The Morgan fingerprint density at radius 1 is 1.56 bits per heavy atom. The topological polar surface area (TPSA) is 0 Å². The van der Waals surface area contributed by atoms with E-state index in [0.29, 0.717) is 0 Å². The summed E-state index contributed by atoms with van der Waals surface area (Å²) < 4.78 is 25.0. The van der Waals surface area contributed by atoms with E-state index in [1.165, 1.54) is 19.9 Å². The highest BCUT2D eigenvalue weighted by molar-refractivity contribution is 4.80. The van der Waals surface area contributed by atoms with Gasteiger partial charge in [0.15, 0.2) is 0 Å². The Morgan fingerprint density at radius 3 is 2.11 bits per heavy atom. The van der Waals surface area contributed by atoms with Crippen LogP contribution in [0.2, 0.25) is 0 Å². The molecule has 0 aromatic heterocycles. The van der Waals surface area contributed by atoms with Gasteiger partial charge in [-0.2, -0.15) is 0 Å². The van der Waals surface area contributed by atoms with Crippen LogP contribution in [0.25, 0.3) is 0 Å². The molecule has 0 bridgehead atoms. The van der Waals surface area contributed by atoms with Crippen LogP contribution in [0.5, 0.6) is 0 Å². The summed E-state index contributed by atoms with van der Waals surface area (Å²) in [6, 6.07) is 0. The van der Waals surface area contributed by atoms with Crippen LogP contribution in [0, 0.1) is 5.92 Å². The van der Waals surface area contributed by atoms with Crippen molar-refractivity contribution in [3.05, 3.63) is 12.7 Å². The van der Waals surface area contributed by atoms with Gasteiger partial charge in [0.25, 0.3) is 5.92 Å². The summed E-state index contributed by atoms with van der Waals surface area (Å²) in [5.74, 6) is -3.16. The summed E-state index contributed by atoms with van der Waals surface area (Å²) in [5, 5.41) is 0. The maximum atomic E-state index is 12.5. The second-order valence-electron chi connectivity index (χ2n) is 2.41. The average Bonchev–Trinajstić information content (AvgIpc) is 1.65. The average molecular weight is 134 g/mol. The molecule has 0 aromatic carbocycles. The van der Waals surface area contributed by atoms with Gasteiger partial charge in [0.1, 0.15) is 0 Å². The van der Waals surface area contributed by atoms with Crippen LogP contribution in [0.1, 0.15) is 20.3 Å². The zero-order valence-corrected chi connectivity index (χ0v) is 5.82. The van der Waals surface area contributed by atoms with Crippen LogP contribution in [-0.2, 0) is 0 Å². The third-order valence-electron chi connectivity index (χ3n) is 1.26. The van der Waals surface area contributed by atoms with Crippen LogP contribution < -0.4 is 0 Å². The molecule has 0 saturated heterocycles. The number of rotatable bonds is 3. The van der Waals surface area contributed by atoms with E-state index in [1.54, 1.807) is 0 Å². The van der Waals surface area contributed by atoms with Gasteiger partial charge in [0.05, 0.1) is 0 Å². The highest BCUT2D eigenvalue weighted by atomic mass is 19.3. The van der Waals surface area contributed by atoms with Gasteiger partial charge in [-0.25, -0.2) is 8.78 Å². The summed E-state index contributed by atoms with van der Waals surface area (Å²) >= 11 is 0. The Balaban J connectivity index is 3.84. The van der Waals surface area contributed by atoms with Gasteiger partial charge in [-0.05, 0) is 0 Å². The molecule has 0 rings (SSSR count). The van der Waals surface area contributed by atoms with E-state index in [9.17, 15) is 8.78 Å². The van der Waals surface area contributed by atoms with Crippen molar-refractivity contribution in [3.63, 3.8) is 0 Å². The Morgan fingerprint density at radius 2 is 2.00 bits per heavy atom. The lowest BCUT2D eigenvalue weighted by atomic mass is 10.0. The lowest BCUT2D eigenvalue weighted by Crippen LogP contribution is -2.22. The number of hydrogen-bond donors (Lipinski definition) is 0. The smallest absolute Gasteiger partial charge is 0.206 e. The number of hydrogen-bond acceptors (Lipinski definition) is 0.